The molecule has 3 rings (SSSR count). The molecule has 1 aliphatic rings. The number of fused-ring (bicyclic) bond motifs is 1. The van der Waals surface area contributed by atoms with Gasteiger partial charge in [0, 0.05) is 5.56 Å². The number of carbonyl (C=O) groups excluding carboxylic acids is 2. The molecule has 0 heterocycles. The molecular weight excluding hydrogens is 264 g/mol. The summed E-state index contributed by atoms with van der Waals surface area (Å²) in [6.45, 7) is 0. The van der Waals surface area contributed by atoms with Gasteiger partial charge in [-0.3, -0.25) is 0 Å². The van der Waals surface area contributed by atoms with Crippen LogP contribution >= 0.6 is 0 Å². The van der Waals surface area contributed by atoms with Crippen molar-refractivity contribution < 1.29 is 14.3 Å². The molecule has 104 valence electrons. The fourth-order valence-electron chi connectivity index (χ4n) is 2.59. The average Bonchev–Trinajstić information content (AvgIpc) is 2.96. The Labute approximate surface area is 122 Å². The summed E-state index contributed by atoms with van der Waals surface area (Å²) in [5.74, 6) is 1.49. The third-order valence-corrected chi connectivity index (χ3v) is 3.65. The fraction of sp³-hybridized carbons (Fsp3) is 0.167. The summed E-state index contributed by atoms with van der Waals surface area (Å²) in [6, 6.07) is 14.3. The molecule has 0 N–H and O–H groups in total. The lowest BCUT2D eigenvalue weighted by Crippen LogP contribution is -2.11. The van der Waals surface area contributed by atoms with E-state index in [1.165, 1.54) is 11.1 Å². The van der Waals surface area contributed by atoms with Crippen LogP contribution in [-0.4, -0.2) is 11.9 Å². The van der Waals surface area contributed by atoms with E-state index in [9.17, 15) is 9.59 Å². The first kappa shape index (κ1) is 13.3. The van der Waals surface area contributed by atoms with Crippen molar-refractivity contribution in [2.45, 2.75) is 19.3 Å². The summed E-state index contributed by atoms with van der Waals surface area (Å²) in [7, 11) is 0. The molecule has 2 aromatic rings. The van der Waals surface area contributed by atoms with Crippen LogP contribution in [0.25, 0.3) is 5.57 Å². The van der Waals surface area contributed by atoms with Gasteiger partial charge in [0.15, 0.2) is 5.57 Å². The number of hydrogen-bond donors (Lipinski definition) is 0. The first-order valence-electron chi connectivity index (χ1n) is 6.92. The minimum Gasteiger partial charge on any atom is -0.422 e. The van der Waals surface area contributed by atoms with Gasteiger partial charge in [-0.25, -0.2) is 9.59 Å². The highest BCUT2D eigenvalue weighted by Crippen LogP contribution is 2.26. The van der Waals surface area contributed by atoms with Gasteiger partial charge in [0.25, 0.3) is 0 Å². The van der Waals surface area contributed by atoms with E-state index in [2.05, 4.69) is 0 Å². The largest absolute Gasteiger partial charge is 0.422 e. The van der Waals surface area contributed by atoms with Crippen LogP contribution in [0.5, 0.6) is 5.75 Å². The Hall–Kier alpha value is -2.64. The van der Waals surface area contributed by atoms with Gasteiger partial charge in [-0.2, -0.15) is 0 Å². The molecule has 0 saturated carbocycles. The second-order valence-corrected chi connectivity index (χ2v) is 5.02. The summed E-state index contributed by atoms with van der Waals surface area (Å²) in [5, 5.41) is 0. The minimum atomic E-state index is -0.672. The van der Waals surface area contributed by atoms with E-state index in [4.69, 9.17) is 4.74 Å². The molecule has 3 nitrogen and oxygen atoms in total. The third kappa shape index (κ3) is 2.78. The molecule has 0 aromatic heterocycles. The lowest BCUT2D eigenvalue weighted by atomic mass is 10.1. The number of hydrogen-bond acceptors (Lipinski definition) is 3. The summed E-state index contributed by atoms with van der Waals surface area (Å²) in [6.07, 6.45) is 3.22. The summed E-state index contributed by atoms with van der Waals surface area (Å²) in [4.78, 5) is 23.2. The number of carbonyl (C=O) groups is 1. The molecule has 0 saturated heterocycles. The predicted molar refractivity (Wildman–Crippen MR) is 79.6 cm³/mol. The second-order valence-electron chi connectivity index (χ2n) is 5.02. The molecule has 0 aliphatic heterocycles. The third-order valence-electron chi connectivity index (χ3n) is 3.65. The number of benzene rings is 2. The van der Waals surface area contributed by atoms with Crippen LogP contribution in [0.4, 0.5) is 0 Å². The molecule has 0 spiro atoms. The zero-order valence-corrected chi connectivity index (χ0v) is 11.5. The van der Waals surface area contributed by atoms with Gasteiger partial charge in [0.05, 0.1) is 0 Å². The van der Waals surface area contributed by atoms with Crippen molar-refractivity contribution in [3.8, 4) is 5.75 Å². The lowest BCUT2D eigenvalue weighted by molar-refractivity contribution is -0.127. The van der Waals surface area contributed by atoms with Crippen LogP contribution in [0.1, 0.15) is 23.1 Å². The normalized spacial score (nSPS) is 12.4. The van der Waals surface area contributed by atoms with Crippen LogP contribution in [0, 0.1) is 0 Å². The van der Waals surface area contributed by atoms with Gasteiger partial charge >= 0.3 is 5.97 Å². The summed E-state index contributed by atoms with van der Waals surface area (Å²) in [5.41, 5.74) is 2.95. The number of aryl methyl sites for hydroxylation is 2. The van der Waals surface area contributed by atoms with Gasteiger partial charge in [-0.15, -0.1) is 0 Å². The van der Waals surface area contributed by atoms with Gasteiger partial charge in [-0.05, 0) is 42.5 Å². The summed E-state index contributed by atoms with van der Waals surface area (Å²) >= 11 is 0. The van der Waals surface area contributed by atoms with E-state index in [0.717, 1.165) is 19.3 Å². The van der Waals surface area contributed by atoms with E-state index in [1.54, 1.807) is 36.3 Å². The Bertz CT molecular complexity index is 725. The molecule has 0 amide bonds. The Balaban J connectivity index is 1.81. The highest BCUT2D eigenvalue weighted by molar-refractivity contribution is 6.25. The van der Waals surface area contributed by atoms with Crippen molar-refractivity contribution in [3.05, 3.63) is 65.2 Å². The fourth-order valence-corrected chi connectivity index (χ4v) is 2.59. The van der Waals surface area contributed by atoms with Gasteiger partial charge in [0.2, 0.25) is 0 Å². The first-order chi connectivity index (χ1) is 10.3. The maximum atomic E-state index is 12.1. The predicted octanol–water partition coefficient (Wildman–Crippen LogP) is 3.00. The quantitative estimate of drug-likeness (QED) is 0.375. The Morgan fingerprint density at radius 2 is 1.76 bits per heavy atom. The lowest BCUT2D eigenvalue weighted by Gasteiger charge is -2.07. The van der Waals surface area contributed by atoms with Crippen molar-refractivity contribution in [1.82, 2.24) is 0 Å². The first-order valence-corrected chi connectivity index (χ1v) is 6.92. The van der Waals surface area contributed by atoms with E-state index < -0.39 is 5.97 Å². The molecule has 21 heavy (non-hydrogen) atoms. The van der Waals surface area contributed by atoms with Crippen molar-refractivity contribution in [3.63, 3.8) is 0 Å². The number of ether oxygens (including phenoxy) is 1. The molecule has 3 heteroatoms. The molecule has 0 bridgehead atoms. The van der Waals surface area contributed by atoms with Gasteiger partial charge < -0.3 is 4.74 Å². The Kier molecular flexibility index (Phi) is 3.67. The minimum absolute atomic E-state index is 0.0869. The van der Waals surface area contributed by atoms with Crippen LogP contribution < -0.4 is 4.74 Å². The topological polar surface area (TPSA) is 43.4 Å². The molecule has 0 radical (unpaired) electrons. The van der Waals surface area contributed by atoms with Crippen molar-refractivity contribution >= 4 is 17.5 Å². The van der Waals surface area contributed by atoms with Gasteiger partial charge in [-0.1, -0.05) is 36.4 Å². The van der Waals surface area contributed by atoms with Crippen LogP contribution in [0.2, 0.25) is 0 Å². The van der Waals surface area contributed by atoms with Crippen molar-refractivity contribution in [2.24, 2.45) is 0 Å². The monoisotopic (exact) mass is 278 g/mol. The standard InChI is InChI=1S/C18H14O3/c19-12-17(14-5-2-1-3-6-14)18(20)21-16-10-9-13-7-4-8-15(13)11-16/h1-3,5-6,9-11H,4,7-8H2. The number of esters is 1. The maximum absolute atomic E-state index is 12.1. The van der Waals surface area contributed by atoms with Crippen LogP contribution in [0.15, 0.2) is 48.5 Å². The van der Waals surface area contributed by atoms with Crippen LogP contribution in [0.3, 0.4) is 0 Å². The zero-order valence-electron chi connectivity index (χ0n) is 11.5. The molecular formula is C18H14O3. The van der Waals surface area contributed by atoms with Gasteiger partial charge in [0.1, 0.15) is 11.7 Å². The Morgan fingerprint density at radius 3 is 2.52 bits per heavy atom. The van der Waals surface area contributed by atoms with E-state index >= 15 is 0 Å². The molecule has 1 aliphatic carbocycles. The maximum Gasteiger partial charge on any atom is 0.355 e. The highest BCUT2D eigenvalue weighted by Gasteiger charge is 2.17. The smallest absolute Gasteiger partial charge is 0.355 e. The van der Waals surface area contributed by atoms with E-state index in [-0.39, 0.29) is 5.57 Å². The molecule has 0 atom stereocenters. The average molecular weight is 278 g/mol. The molecule has 0 unspecified atom stereocenters. The van der Waals surface area contributed by atoms with Crippen LogP contribution in [-0.2, 0) is 22.4 Å². The number of rotatable bonds is 3. The molecule has 0 fully saturated rings. The second kappa shape index (κ2) is 5.78. The van der Waals surface area contributed by atoms with Crippen molar-refractivity contribution in [1.29, 1.82) is 0 Å². The highest BCUT2D eigenvalue weighted by atomic mass is 16.5. The molecule has 2 aromatic carbocycles. The van der Waals surface area contributed by atoms with E-state index in [0.29, 0.717) is 11.3 Å². The zero-order chi connectivity index (χ0) is 14.7. The van der Waals surface area contributed by atoms with E-state index in [1.807, 2.05) is 18.2 Å². The van der Waals surface area contributed by atoms with Crippen molar-refractivity contribution in [2.75, 3.05) is 0 Å². The Morgan fingerprint density at radius 1 is 1.00 bits per heavy atom. The summed E-state index contributed by atoms with van der Waals surface area (Å²) < 4.78 is 5.31. The SMILES string of the molecule is O=C=C(C(=O)Oc1ccc2c(c1)CCC2)c1ccccc1.